The van der Waals surface area contributed by atoms with E-state index in [-0.39, 0.29) is 0 Å². The van der Waals surface area contributed by atoms with Crippen LogP contribution in [0.2, 0.25) is 0 Å². The monoisotopic (exact) mass is 245 g/mol. The summed E-state index contributed by atoms with van der Waals surface area (Å²) in [5.41, 5.74) is 6.33. The summed E-state index contributed by atoms with van der Waals surface area (Å²) < 4.78 is 0. The maximum Gasteiger partial charge on any atom is 0.0787 e. The largest absolute Gasteiger partial charge is 0.247 e. The molecule has 0 amide bonds. The lowest BCUT2D eigenvalue weighted by atomic mass is 9.92. The van der Waals surface area contributed by atoms with E-state index in [0.717, 1.165) is 23.9 Å². The maximum absolute atomic E-state index is 4.90. The summed E-state index contributed by atoms with van der Waals surface area (Å²) in [4.78, 5) is 4.90. The Kier molecular flexibility index (Phi) is 2.22. The number of rotatable bonds is 0. The molecule has 1 heteroatoms. The van der Waals surface area contributed by atoms with Crippen molar-refractivity contribution in [1.29, 1.82) is 0 Å². The molecule has 0 unspecified atom stereocenters. The van der Waals surface area contributed by atoms with Crippen LogP contribution in [0.4, 0.5) is 0 Å². The highest BCUT2D eigenvalue weighted by Crippen LogP contribution is 2.31. The smallest absolute Gasteiger partial charge is 0.0787 e. The lowest BCUT2D eigenvalue weighted by molar-refractivity contribution is 0.988. The molecule has 1 heterocycles. The fourth-order valence-corrected chi connectivity index (χ4v) is 3.07. The van der Waals surface area contributed by atoms with Gasteiger partial charge in [-0.1, -0.05) is 42.5 Å². The van der Waals surface area contributed by atoms with Crippen molar-refractivity contribution in [3.8, 4) is 0 Å². The zero-order chi connectivity index (χ0) is 12.8. The van der Waals surface area contributed by atoms with Gasteiger partial charge >= 0.3 is 0 Å². The third-order valence-electron chi connectivity index (χ3n) is 4.12. The number of hydrogen-bond acceptors (Lipinski definition) is 1. The minimum atomic E-state index is 1.10. The Morgan fingerprint density at radius 3 is 2.84 bits per heavy atom. The molecule has 0 bridgehead atoms. The molecular formula is C18H15N. The first kappa shape index (κ1) is 10.7. The number of para-hydroxylation sites is 1. The average molecular weight is 245 g/mol. The van der Waals surface area contributed by atoms with Crippen LogP contribution in [0.5, 0.6) is 0 Å². The molecule has 2 aromatic carbocycles. The second kappa shape index (κ2) is 3.92. The van der Waals surface area contributed by atoms with Crippen LogP contribution in [0.1, 0.15) is 23.1 Å². The van der Waals surface area contributed by atoms with Crippen LogP contribution in [0.15, 0.2) is 42.5 Å². The van der Waals surface area contributed by atoms with Crippen molar-refractivity contribution in [1.82, 2.24) is 4.98 Å². The molecule has 3 aromatic rings. The molecule has 19 heavy (non-hydrogen) atoms. The first-order chi connectivity index (χ1) is 9.34. The van der Waals surface area contributed by atoms with Gasteiger partial charge in [-0.15, -0.1) is 0 Å². The zero-order valence-corrected chi connectivity index (χ0v) is 11.0. The summed E-state index contributed by atoms with van der Waals surface area (Å²) in [6.07, 6.45) is 6.77. The number of aromatic nitrogens is 1. The first-order valence-corrected chi connectivity index (χ1v) is 6.82. The van der Waals surface area contributed by atoms with Gasteiger partial charge in [0.1, 0.15) is 0 Å². The standard InChI is InChI=1S/C18H15N/c1-12-14-7-4-5-9-17(14)19-18-15(12)11-10-13-6-2-3-8-16(13)18/h3-5,7-11H,2,6H2,1H3. The van der Waals surface area contributed by atoms with Crippen molar-refractivity contribution >= 4 is 27.9 Å². The Morgan fingerprint density at radius 1 is 1.00 bits per heavy atom. The molecule has 0 atom stereocenters. The van der Waals surface area contributed by atoms with Crippen LogP contribution in [0.25, 0.3) is 27.9 Å². The first-order valence-electron chi connectivity index (χ1n) is 6.82. The number of hydrogen-bond donors (Lipinski definition) is 0. The molecule has 0 aliphatic heterocycles. The van der Waals surface area contributed by atoms with Crippen LogP contribution in [-0.2, 0) is 6.42 Å². The van der Waals surface area contributed by atoms with Crippen molar-refractivity contribution in [2.24, 2.45) is 0 Å². The van der Waals surface area contributed by atoms with Crippen LogP contribution in [-0.4, -0.2) is 4.98 Å². The van der Waals surface area contributed by atoms with Crippen molar-refractivity contribution in [3.63, 3.8) is 0 Å². The molecule has 0 N–H and O–H groups in total. The van der Waals surface area contributed by atoms with E-state index in [9.17, 15) is 0 Å². The number of allylic oxidation sites excluding steroid dienone is 1. The van der Waals surface area contributed by atoms with Crippen LogP contribution in [0.3, 0.4) is 0 Å². The van der Waals surface area contributed by atoms with Crippen LogP contribution < -0.4 is 0 Å². The Morgan fingerprint density at radius 2 is 1.89 bits per heavy atom. The Labute approximate surface area is 112 Å². The van der Waals surface area contributed by atoms with E-state index in [0.29, 0.717) is 0 Å². The highest BCUT2D eigenvalue weighted by atomic mass is 14.7. The Hall–Kier alpha value is -2.15. The average Bonchev–Trinajstić information content (AvgIpc) is 2.47. The molecule has 0 spiro atoms. The van der Waals surface area contributed by atoms with Crippen molar-refractivity contribution in [2.45, 2.75) is 19.8 Å². The topological polar surface area (TPSA) is 12.9 Å². The molecule has 0 fully saturated rings. The number of pyridine rings is 1. The highest BCUT2D eigenvalue weighted by molar-refractivity contribution is 6.00. The summed E-state index contributed by atoms with van der Waals surface area (Å²) in [5, 5.41) is 2.54. The van der Waals surface area contributed by atoms with E-state index in [1.165, 1.54) is 27.5 Å². The van der Waals surface area contributed by atoms with E-state index in [2.05, 4.69) is 55.5 Å². The number of nitrogens with zero attached hydrogens (tertiary/aromatic N) is 1. The maximum atomic E-state index is 4.90. The molecule has 1 aliphatic carbocycles. The summed E-state index contributed by atoms with van der Waals surface area (Å²) in [6, 6.07) is 12.9. The summed E-state index contributed by atoms with van der Waals surface area (Å²) in [6.45, 7) is 2.20. The Balaban J connectivity index is 2.22. The third kappa shape index (κ3) is 1.51. The van der Waals surface area contributed by atoms with Gasteiger partial charge in [-0.25, -0.2) is 4.98 Å². The molecule has 0 saturated heterocycles. The van der Waals surface area contributed by atoms with E-state index in [1.807, 2.05) is 0 Å². The van der Waals surface area contributed by atoms with Gasteiger partial charge in [0.15, 0.2) is 0 Å². The van der Waals surface area contributed by atoms with Gasteiger partial charge in [0.2, 0.25) is 0 Å². The SMILES string of the molecule is Cc1c2ccccc2nc2c3c(ccc12)CCC=C3. The fourth-order valence-electron chi connectivity index (χ4n) is 3.07. The number of aryl methyl sites for hydroxylation is 2. The normalized spacial score (nSPS) is 13.9. The summed E-state index contributed by atoms with van der Waals surface area (Å²) in [5.74, 6) is 0. The summed E-state index contributed by atoms with van der Waals surface area (Å²) in [7, 11) is 0. The molecule has 0 saturated carbocycles. The molecule has 1 aliphatic rings. The van der Waals surface area contributed by atoms with Gasteiger partial charge < -0.3 is 0 Å². The number of benzene rings is 2. The second-order valence-corrected chi connectivity index (χ2v) is 5.23. The molecule has 4 rings (SSSR count). The minimum Gasteiger partial charge on any atom is -0.247 e. The van der Waals surface area contributed by atoms with E-state index in [4.69, 9.17) is 4.98 Å². The molecule has 1 nitrogen and oxygen atoms in total. The lowest BCUT2D eigenvalue weighted by Gasteiger charge is -2.15. The van der Waals surface area contributed by atoms with Crippen molar-refractivity contribution in [2.75, 3.05) is 0 Å². The minimum absolute atomic E-state index is 1.10. The van der Waals surface area contributed by atoms with Gasteiger partial charge in [-0.3, -0.25) is 0 Å². The summed E-state index contributed by atoms with van der Waals surface area (Å²) >= 11 is 0. The van der Waals surface area contributed by atoms with Crippen molar-refractivity contribution < 1.29 is 0 Å². The van der Waals surface area contributed by atoms with E-state index >= 15 is 0 Å². The van der Waals surface area contributed by atoms with Gasteiger partial charge in [-0.2, -0.15) is 0 Å². The van der Waals surface area contributed by atoms with Gasteiger partial charge in [-0.05, 0) is 37.0 Å². The number of fused-ring (bicyclic) bond motifs is 4. The van der Waals surface area contributed by atoms with E-state index < -0.39 is 0 Å². The second-order valence-electron chi connectivity index (χ2n) is 5.23. The highest BCUT2D eigenvalue weighted by Gasteiger charge is 2.12. The quantitative estimate of drug-likeness (QED) is 0.525. The van der Waals surface area contributed by atoms with Crippen LogP contribution >= 0.6 is 0 Å². The van der Waals surface area contributed by atoms with Crippen molar-refractivity contribution in [3.05, 3.63) is 59.2 Å². The zero-order valence-electron chi connectivity index (χ0n) is 11.0. The molecule has 92 valence electrons. The third-order valence-corrected chi connectivity index (χ3v) is 4.12. The van der Waals surface area contributed by atoms with E-state index in [1.54, 1.807) is 0 Å². The fraction of sp³-hybridized carbons (Fsp3) is 0.167. The Bertz CT molecular complexity index is 828. The molecular weight excluding hydrogens is 230 g/mol. The lowest BCUT2D eigenvalue weighted by Crippen LogP contribution is -1.98. The predicted octanol–water partition coefficient (Wildman–Crippen LogP) is 4.66. The molecule has 1 aromatic heterocycles. The van der Waals surface area contributed by atoms with Crippen LogP contribution in [0, 0.1) is 6.92 Å². The predicted molar refractivity (Wildman–Crippen MR) is 81.3 cm³/mol. The molecule has 0 radical (unpaired) electrons. The van der Waals surface area contributed by atoms with Gasteiger partial charge in [0.05, 0.1) is 11.0 Å². The van der Waals surface area contributed by atoms with Gasteiger partial charge in [0.25, 0.3) is 0 Å². The van der Waals surface area contributed by atoms with Gasteiger partial charge in [0, 0.05) is 16.3 Å².